The lowest BCUT2D eigenvalue weighted by Crippen LogP contribution is -2.17. The van der Waals surface area contributed by atoms with Crippen LogP contribution in [-0.2, 0) is 9.53 Å². The summed E-state index contributed by atoms with van der Waals surface area (Å²) in [6.45, 7) is 1.48. The minimum Gasteiger partial charge on any atom is -0.460 e. The van der Waals surface area contributed by atoms with E-state index in [1.807, 2.05) is 0 Å². The predicted octanol–water partition coefficient (Wildman–Crippen LogP) is 1.57. The molecule has 1 aromatic rings. The maximum atomic E-state index is 11.7. The lowest BCUT2D eigenvalue weighted by atomic mass is 10.1. The number of aromatic nitrogens is 1. The van der Waals surface area contributed by atoms with Crippen LogP contribution in [0.5, 0.6) is 0 Å². The maximum absolute atomic E-state index is 11.7. The van der Waals surface area contributed by atoms with E-state index in [0.29, 0.717) is 18.5 Å². The van der Waals surface area contributed by atoms with Gasteiger partial charge in [-0.15, -0.1) is 12.3 Å². The second kappa shape index (κ2) is 4.46. The third kappa shape index (κ3) is 2.09. The molecule has 4 nitrogen and oxygen atoms in total. The molecule has 0 aromatic carbocycles. The number of Topliss-reactive ketones (excluding diaryl/α,β-unsaturated/α-hetero) is 1. The second-order valence-corrected chi connectivity index (χ2v) is 4.08. The van der Waals surface area contributed by atoms with Crippen molar-refractivity contribution in [3.63, 3.8) is 0 Å². The van der Waals surface area contributed by atoms with Crippen molar-refractivity contribution in [1.29, 1.82) is 0 Å². The molecular formula is C13H13NO3. The van der Waals surface area contributed by atoms with Gasteiger partial charge in [-0.2, -0.15) is 0 Å². The lowest BCUT2D eigenvalue weighted by molar-refractivity contribution is -0.143. The summed E-state index contributed by atoms with van der Waals surface area (Å²) in [6, 6.07) is 3.02. The number of ether oxygens (including phenoxy) is 1. The minimum absolute atomic E-state index is 0.0665. The summed E-state index contributed by atoms with van der Waals surface area (Å²) in [4.78, 5) is 23.1. The summed E-state index contributed by atoms with van der Waals surface area (Å²) >= 11 is 0. The summed E-state index contributed by atoms with van der Waals surface area (Å²) in [7, 11) is 0. The molecule has 17 heavy (non-hydrogen) atoms. The second-order valence-electron chi connectivity index (χ2n) is 4.08. The molecule has 1 aromatic heterocycles. The van der Waals surface area contributed by atoms with Gasteiger partial charge in [-0.05, 0) is 12.1 Å². The highest BCUT2D eigenvalue weighted by Crippen LogP contribution is 2.29. The van der Waals surface area contributed by atoms with Gasteiger partial charge in [0.2, 0.25) is 0 Å². The van der Waals surface area contributed by atoms with Crippen molar-refractivity contribution in [2.45, 2.75) is 31.9 Å². The van der Waals surface area contributed by atoms with Gasteiger partial charge in [0.15, 0.2) is 5.78 Å². The maximum Gasteiger partial charge on any atom is 0.329 e. The zero-order valence-corrected chi connectivity index (χ0v) is 9.55. The normalized spacial score (nSPS) is 23.2. The molecule has 1 fully saturated rings. The Hall–Kier alpha value is -2.02. The van der Waals surface area contributed by atoms with Crippen molar-refractivity contribution in [3.05, 3.63) is 24.0 Å². The molecule has 1 aliphatic heterocycles. The Labute approximate surface area is 99.6 Å². The van der Waals surface area contributed by atoms with Crippen LogP contribution in [0.25, 0.3) is 0 Å². The van der Waals surface area contributed by atoms with Gasteiger partial charge in [-0.3, -0.25) is 4.79 Å². The van der Waals surface area contributed by atoms with E-state index < -0.39 is 6.04 Å². The molecule has 2 rings (SSSR count). The van der Waals surface area contributed by atoms with Gasteiger partial charge >= 0.3 is 5.97 Å². The number of cyclic esters (lactones) is 1. The molecule has 4 heteroatoms. The molecule has 1 aliphatic rings. The SMILES string of the molecule is C#CC[C@H]1C[C@H](n2cccc2C(C)=O)C(=O)O1. The highest BCUT2D eigenvalue weighted by atomic mass is 16.6. The van der Waals surface area contributed by atoms with Crippen LogP contribution in [0.15, 0.2) is 18.3 Å². The Morgan fingerprint density at radius 3 is 3.12 bits per heavy atom. The summed E-state index contributed by atoms with van der Waals surface area (Å²) < 4.78 is 6.83. The van der Waals surface area contributed by atoms with Gasteiger partial charge in [0.25, 0.3) is 0 Å². The van der Waals surface area contributed by atoms with E-state index >= 15 is 0 Å². The third-order valence-corrected chi connectivity index (χ3v) is 2.86. The number of nitrogens with zero attached hydrogens (tertiary/aromatic N) is 1. The lowest BCUT2D eigenvalue weighted by Gasteiger charge is -2.11. The van der Waals surface area contributed by atoms with Gasteiger partial charge in [0.05, 0.1) is 5.69 Å². The van der Waals surface area contributed by atoms with Crippen molar-refractivity contribution in [2.75, 3.05) is 0 Å². The number of ketones is 1. The molecule has 0 unspecified atom stereocenters. The van der Waals surface area contributed by atoms with E-state index in [2.05, 4.69) is 5.92 Å². The van der Waals surface area contributed by atoms with Gasteiger partial charge in [0.1, 0.15) is 12.1 Å². The predicted molar refractivity (Wildman–Crippen MR) is 61.4 cm³/mol. The monoisotopic (exact) mass is 231 g/mol. The highest BCUT2D eigenvalue weighted by molar-refractivity contribution is 5.93. The fourth-order valence-electron chi connectivity index (χ4n) is 2.08. The van der Waals surface area contributed by atoms with Crippen molar-refractivity contribution in [1.82, 2.24) is 4.57 Å². The van der Waals surface area contributed by atoms with Gasteiger partial charge < -0.3 is 9.30 Å². The van der Waals surface area contributed by atoms with Crippen molar-refractivity contribution in [3.8, 4) is 12.3 Å². The van der Waals surface area contributed by atoms with Crippen LogP contribution in [0, 0.1) is 12.3 Å². The minimum atomic E-state index is -0.428. The average molecular weight is 231 g/mol. The summed E-state index contributed by atoms with van der Waals surface area (Å²) in [5, 5.41) is 0. The van der Waals surface area contributed by atoms with Crippen LogP contribution in [0.4, 0.5) is 0 Å². The Balaban J connectivity index is 2.24. The Morgan fingerprint density at radius 2 is 2.47 bits per heavy atom. The van der Waals surface area contributed by atoms with E-state index in [1.54, 1.807) is 22.9 Å². The van der Waals surface area contributed by atoms with Gasteiger partial charge in [0, 0.05) is 26.0 Å². The number of carbonyl (C=O) groups is 2. The average Bonchev–Trinajstić information content (AvgIpc) is 2.84. The number of rotatable bonds is 3. The molecule has 0 bridgehead atoms. The quantitative estimate of drug-likeness (QED) is 0.450. The standard InChI is InChI=1S/C13H13NO3/c1-3-5-10-8-12(13(16)17-10)14-7-4-6-11(14)9(2)15/h1,4,6-7,10,12H,5,8H2,2H3/t10-,12-/m0/s1. The third-order valence-electron chi connectivity index (χ3n) is 2.86. The first-order valence-electron chi connectivity index (χ1n) is 5.45. The summed E-state index contributed by atoms with van der Waals surface area (Å²) in [5.74, 6) is 2.10. The molecule has 0 saturated carbocycles. The van der Waals surface area contributed by atoms with E-state index in [0.717, 1.165) is 0 Å². The van der Waals surface area contributed by atoms with Crippen molar-refractivity contribution < 1.29 is 14.3 Å². The number of terminal acetylenes is 1. The molecule has 0 amide bonds. The van der Waals surface area contributed by atoms with Crippen LogP contribution in [-0.4, -0.2) is 22.4 Å². The highest BCUT2D eigenvalue weighted by Gasteiger charge is 2.36. The Morgan fingerprint density at radius 1 is 1.71 bits per heavy atom. The van der Waals surface area contributed by atoms with Gasteiger partial charge in [-0.25, -0.2) is 4.79 Å². The fraction of sp³-hybridized carbons (Fsp3) is 0.385. The van der Waals surface area contributed by atoms with Crippen molar-refractivity contribution >= 4 is 11.8 Å². The van der Waals surface area contributed by atoms with Crippen LogP contribution in [0.3, 0.4) is 0 Å². The van der Waals surface area contributed by atoms with Crippen LogP contribution in [0.1, 0.15) is 36.3 Å². The van der Waals surface area contributed by atoms with Gasteiger partial charge in [-0.1, -0.05) is 0 Å². The first-order chi connectivity index (χ1) is 8.13. The number of hydrogen-bond acceptors (Lipinski definition) is 3. The topological polar surface area (TPSA) is 48.3 Å². The Kier molecular flexibility index (Phi) is 3.01. The first kappa shape index (κ1) is 11.5. The number of carbonyl (C=O) groups excluding carboxylic acids is 2. The van der Waals surface area contributed by atoms with E-state index in [1.165, 1.54) is 6.92 Å². The van der Waals surface area contributed by atoms with E-state index in [4.69, 9.17) is 11.2 Å². The van der Waals surface area contributed by atoms with Crippen LogP contribution >= 0.6 is 0 Å². The zero-order chi connectivity index (χ0) is 12.4. The van der Waals surface area contributed by atoms with Crippen molar-refractivity contribution in [2.24, 2.45) is 0 Å². The molecule has 2 heterocycles. The van der Waals surface area contributed by atoms with E-state index in [9.17, 15) is 9.59 Å². The molecule has 0 radical (unpaired) electrons. The number of hydrogen-bond donors (Lipinski definition) is 0. The molecular weight excluding hydrogens is 218 g/mol. The zero-order valence-electron chi connectivity index (χ0n) is 9.55. The molecule has 88 valence electrons. The molecule has 0 aliphatic carbocycles. The molecule has 0 N–H and O–H groups in total. The Bertz CT molecular complexity index is 495. The van der Waals surface area contributed by atoms with E-state index in [-0.39, 0.29) is 17.9 Å². The summed E-state index contributed by atoms with van der Waals surface area (Å²) in [5.41, 5.74) is 0.522. The number of esters is 1. The first-order valence-corrected chi connectivity index (χ1v) is 5.45. The summed E-state index contributed by atoms with van der Waals surface area (Å²) in [6.07, 6.45) is 7.62. The molecule has 0 spiro atoms. The molecule has 2 atom stereocenters. The van der Waals surface area contributed by atoms with Crippen LogP contribution < -0.4 is 0 Å². The fourth-order valence-corrected chi connectivity index (χ4v) is 2.08. The smallest absolute Gasteiger partial charge is 0.329 e. The molecule has 1 saturated heterocycles. The van der Waals surface area contributed by atoms with Crippen LogP contribution in [0.2, 0.25) is 0 Å². The largest absolute Gasteiger partial charge is 0.460 e.